The van der Waals surface area contributed by atoms with E-state index in [2.05, 4.69) is 11.2 Å². The lowest BCUT2D eigenvalue weighted by molar-refractivity contribution is 1.38. The molecule has 13 heavy (non-hydrogen) atoms. The molecule has 1 rings (SSSR count). The summed E-state index contributed by atoms with van der Waals surface area (Å²) in [7, 11) is 0. The van der Waals surface area contributed by atoms with Crippen molar-refractivity contribution in [2.24, 2.45) is 0 Å². The summed E-state index contributed by atoms with van der Waals surface area (Å²) in [5.41, 5.74) is 0.689. The summed E-state index contributed by atoms with van der Waals surface area (Å²) in [4.78, 5) is 0. The molecule has 68 valence electrons. The molecule has 0 heterocycles. The van der Waals surface area contributed by atoms with Gasteiger partial charge < -0.3 is 5.32 Å². The summed E-state index contributed by atoms with van der Waals surface area (Å²) in [6, 6.07) is 3.22. The monoisotopic (exact) mass is 233 g/mol. The highest BCUT2D eigenvalue weighted by Gasteiger charge is 2.04. The molecule has 4 heteroatoms. The Morgan fingerprint density at radius 2 is 1.77 bits per heavy atom. The normalized spacial score (nSPS) is 9.38. The van der Waals surface area contributed by atoms with Gasteiger partial charge in [-0.05, 0) is 12.1 Å². The SMILES string of the molecule is C#CCNc1cc(Cl)c(Cl)cc1Cl. The summed E-state index contributed by atoms with van der Waals surface area (Å²) in [5, 5.41) is 4.30. The molecule has 0 spiro atoms. The van der Waals surface area contributed by atoms with Crippen LogP contribution in [0.25, 0.3) is 0 Å². The van der Waals surface area contributed by atoms with Crippen LogP contribution in [0.4, 0.5) is 5.69 Å². The molecule has 0 aliphatic rings. The summed E-state index contributed by atoms with van der Waals surface area (Å²) in [5.74, 6) is 2.43. The van der Waals surface area contributed by atoms with Gasteiger partial charge in [-0.25, -0.2) is 0 Å². The molecule has 1 aromatic carbocycles. The molecule has 0 atom stereocenters. The van der Waals surface area contributed by atoms with E-state index in [1.54, 1.807) is 12.1 Å². The standard InChI is InChI=1S/C9H6Cl3N/c1-2-3-13-9-5-7(11)6(10)4-8(9)12/h1,4-5,13H,3H2. The molecule has 0 aromatic heterocycles. The molecule has 0 fully saturated rings. The zero-order valence-electron chi connectivity index (χ0n) is 6.57. The topological polar surface area (TPSA) is 12.0 Å². The van der Waals surface area contributed by atoms with Crippen LogP contribution in [0.15, 0.2) is 12.1 Å². The van der Waals surface area contributed by atoms with E-state index in [1.807, 2.05) is 0 Å². The number of anilines is 1. The highest BCUT2D eigenvalue weighted by Crippen LogP contribution is 2.31. The minimum atomic E-state index is 0.400. The van der Waals surface area contributed by atoms with Crippen LogP contribution in [0.5, 0.6) is 0 Å². The van der Waals surface area contributed by atoms with Gasteiger partial charge in [0.1, 0.15) is 0 Å². The molecule has 0 aliphatic carbocycles. The van der Waals surface area contributed by atoms with Crippen LogP contribution in [-0.2, 0) is 0 Å². The van der Waals surface area contributed by atoms with Crippen molar-refractivity contribution in [3.63, 3.8) is 0 Å². The van der Waals surface area contributed by atoms with Crippen molar-refractivity contribution in [3.05, 3.63) is 27.2 Å². The Bertz CT molecular complexity index is 355. The second kappa shape index (κ2) is 4.62. The molecule has 0 unspecified atom stereocenters. The highest BCUT2D eigenvalue weighted by atomic mass is 35.5. The average Bonchev–Trinajstić information content (AvgIpc) is 2.09. The van der Waals surface area contributed by atoms with E-state index >= 15 is 0 Å². The van der Waals surface area contributed by atoms with Crippen molar-refractivity contribution >= 4 is 40.5 Å². The third kappa shape index (κ3) is 2.70. The Labute approximate surface area is 92.0 Å². The fraction of sp³-hybridized carbons (Fsp3) is 0.111. The zero-order chi connectivity index (χ0) is 9.84. The van der Waals surface area contributed by atoms with Crippen LogP contribution in [-0.4, -0.2) is 6.54 Å². The zero-order valence-corrected chi connectivity index (χ0v) is 8.84. The van der Waals surface area contributed by atoms with E-state index in [0.29, 0.717) is 27.3 Å². The van der Waals surface area contributed by atoms with Gasteiger partial charge in [0.2, 0.25) is 0 Å². The molecule has 0 aliphatic heterocycles. The van der Waals surface area contributed by atoms with Crippen molar-refractivity contribution < 1.29 is 0 Å². The van der Waals surface area contributed by atoms with Crippen LogP contribution in [0.1, 0.15) is 0 Å². The summed E-state index contributed by atoms with van der Waals surface area (Å²) >= 11 is 17.4. The second-order valence-electron chi connectivity index (χ2n) is 2.30. The summed E-state index contributed by atoms with van der Waals surface area (Å²) < 4.78 is 0. The average molecular weight is 235 g/mol. The van der Waals surface area contributed by atoms with E-state index in [-0.39, 0.29) is 0 Å². The Kier molecular flexibility index (Phi) is 3.74. The first-order valence-electron chi connectivity index (χ1n) is 3.47. The third-order valence-electron chi connectivity index (χ3n) is 1.39. The maximum absolute atomic E-state index is 5.86. The molecule has 1 aromatic rings. The lowest BCUT2D eigenvalue weighted by Crippen LogP contribution is -1.98. The molecule has 0 saturated carbocycles. The van der Waals surface area contributed by atoms with E-state index in [9.17, 15) is 0 Å². The molecular formula is C9H6Cl3N. The first-order chi connectivity index (χ1) is 6.15. The molecule has 0 bridgehead atoms. The molecule has 0 saturated heterocycles. The van der Waals surface area contributed by atoms with Crippen LogP contribution in [0.2, 0.25) is 15.1 Å². The van der Waals surface area contributed by atoms with E-state index < -0.39 is 0 Å². The van der Waals surface area contributed by atoms with Crippen LogP contribution < -0.4 is 5.32 Å². The largest absolute Gasteiger partial charge is 0.373 e. The van der Waals surface area contributed by atoms with Crippen molar-refractivity contribution in [3.8, 4) is 12.3 Å². The van der Waals surface area contributed by atoms with Gasteiger partial charge in [0.05, 0.1) is 27.3 Å². The number of hydrogen-bond donors (Lipinski definition) is 1. The number of halogens is 3. The van der Waals surface area contributed by atoms with Gasteiger partial charge in [-0.1, -0.05) is 40.7 Å². The van der Waals surface area contributed by atoms with Gasteiger partial charge in [-0.15, -0.1) is 6.42 Å². The Morgan fingerprint density at radius 3 is 2.38 bits per heavy atom. The molecule has 0 radical (unpaired) electrons. The van der Waals surface area contributed by atoms with Crippen molar-refractivity contribution in [2.45, 2.75) is 0 Å². The van der Waals surface area contributed by atoms with Crippen LogP contribution in [0, 0.1) is 12.3 Å². The van der Waals surface area contributed by atoms with Crippen molar-refractivity contribution in [2.75, 3.05) is 11.9 Å². The first kappa shape index (κ1) is 10.5. The fourth-order valence-electron chi connectivity index (χ4n) is 0.804. The number of nitrogens with one attached hydrogen (secondary N) is 1. The maximum Gasteiger partial charge on any atom is 0.0763 e. The van der Waals surface area contributed by atoms with Gasteiger partial charge in [-0.3, -0.25) is 0 Å². The van der Waals surface area contributed by atoms with Gasteiger partial charge in [-0.2, -0.15) is 0 Å². The fourth-order valence-corrected chi connectivity index (χ4v) is 1.42. The summed E-state index contributed by atoms with van der Waals surface area (Å²) in [6.45, 7) is 0.400. The van der Waals surface area contributed by atoms with Crippen molar-refractivity contribution in [1.29, 1.82) is 0 Å². The molecule has 0 amide bonds. The van der Waals surface area contributed by atoms with Gasteiger partial charge in [0, 0.05) is 0 Å². The highest BCUT2D eigenvalue weighted by molar-refractivity contribution is 6.44. The number of rotatable bonds is 2. The molecule has 1 nitrogen and oxygen atoms in total. The third-order valence-corrected chi connectivity index (χ3v) is 2.43. The number of terminal acetylenes is 1. The number of benzene rings is 1. The lowest BCUT2D eigenvalue weighted by Gasteiger charge is -2.06. The molecular weight excluding hydrogens is 228 g/mol. The van der Waals surface area contributed by atoms with Crippen molar-refractivity contribution in [1.82, 2.24) is 0 Å². The molecule has 1 N–H and O–H groups in total. The van der Waals surface area contributed by atoms with Gasteiger partial charge >= 0.3 is 0 Å². The van der Waals surface area contributed by atoms with Crippen LogP contribution in [0.3, 0.4) is 0 Å². The first-order valence-corrected chi connectivity index (χ1v) is 4.60. The second-order valence-corrected chi connectivity index (χ2v) is 3.53. The van der Waals surface area contributed by atoms with E-state index in [1.165, 1.54) is 0 Å². The minimum absolute atomic E-state index is 0.400. The van der Waals surface area contributed by atoms with E-state index in [0.717, 1.165) is 0 Å². The number of hydrogen-bond acceptors (Lipinski definition) is 1. The Hall–Kier alpha value is -0.550. The predicted molar refractivity (Wildman–Crippen MR) is 58.8 cm³/mol. The van der Waals surface area contributed by atoms with E-state index in [4.69, 9.17) is 41.2 Å². The smallest absolute Gasteiger partial charge is 0.0763 e. The quantitative estimate of drug-likeness (QED) is 0.608. The minimum Gasteiger partial charge on any atom is -0.373 e. The van der Waals surface area contributed by atoms with Gasteiger partial charge in [0.25, 0.3) is 0 Å². The Balaban J connectivity index is 2.96. The maximum atomic E-state index is 5.86. The Morgan fingerprint density at radius 1 is 1.15 bits per heavy atom. The van der Waals surface area contributed by atoms with Crippen LogP contribution >= 0.6 is 34.8 Å². The summed E-state index contributed by atoms with van der Waals surface area (Å²) in [6.07, 6.45) is 5.08. The predicted octanol–water partition coefficient (Wildman–Crippen LogP) is 3.69. The lowest BCUT2D eigenvalue weighted by atomic mass is 10.3. The van der Waals surface area contributed by atoms with Gasteiger partial charge in [0.15, 0.2) is 0 Å².